The number of nitrogens with one attached hydrogen (secondary N) is 3. The molecule has 11 heteroatoms. The number of primary amides is 1. The van der Waals surface area contributed by atoms with E-state index in [0.29, 0.717) is 5.56 Å². The molecule has 0 aliphatic carbocycles. The van der Waals surface area contributed by atoms with Gasteiger partial charge in [-0.25, -0.2) is 4.79 Å². The van der Waals surface area contributed by atoms with Crippen molar-refractivity contribution in [1.82, 2.24) is 20.9 Å². The van der Waals surface area contributed by atoms with Crippen LogP contribution in [0.3, 0.4) is 0 Å². The van der Waals surface area contributed by atoms with Crippen molar-refractivity contribution in [3.63, 3.8) is 0 Å². The van der Waals surface area contributed by atoms with Gasteiger partial charge in [-0.05, 0) is 19.1 Å². The summed E-state index contributed by atoms with van der Waals surface area (Å²) in [6.07, 6.45) is 2.27. The predicted octanol–water partition coefficient (Wildman–Crippen LogP) is -2.24. The number of amides is 4. The van der Waals surface area contributed by atoms with Gasteiger partial charge in [0.15, 0.2) is 0 Å². The van der Waals surface area contributed by atoms with Crippen molar-refractivity contribution in [3.05, 3.63) is 30.1 Å². The van der Waals surface area contributed by atoms with Crippen molar-refractivity contribution in [2.24, 2.45) is 5.73 Å². The second kappa shape index (κ2) is 9.71. The summed E-state index contributed by atoms with van der Waals surface area (Å²) in [5.41, 5.74) is 5.23. The molecule has 0 aliphatic heterocycles. The molecule has 140 valence electrons. The number of nitrogens with zero attached hydrogens (tertiary/aromatic N) is 1. The van der Waals surface area contributed by atoms with Gasteiger partial charge in [-0.2, -0.15) is 0 Å². The van der Waals surface area contributed by atoms with Crippen LogP contribution in [0.5, 0.6) is 0 Å². The van der Waals surface area contributed by atoms with Crippen molar-refractivity contribution in [1.29, 1.82) is 0 Å². The van der Waals surface area contributed by atoms with E-state index in [1.54, 1.807) is 0 Å². The Morgan fingerprint density at radius 1 is 1.15 bits per heavy atom. The molecule has 0 saturated carbocycles. The fourth-order valence-electron chi connectivity index (χ4n) is 1.82. The van der Waals surface area contributed by atoms with Crippen LogP contribution in [0.15, 0.2) is 24.5 Å². The molecule has 1 rings (SSSR count). The molecule has 2 unspecified atom stereocenters. The molecular formula is C15H19N5O6. The molecule has 0 fully saturated rings. The fraction of sp³-hybridized carbons (Fsp3) is 0.333. The largest absolute Gasteiger partial charge is 0.480 e. The van der Waals surface area contributed by atoms with Crippen LogP contribution in [0, 0.1) is 0 Å². The molecule has 26 heavy (non-hydrogen) atoms. The molecule has 0 spiro atoms. The summed E-state index contributed by atoms with van der Waals surface area (Å²) < 4.78 is 0. The van der Waals surface area contributed by atoms with Gasteiger partial charge in [-0.1, -0.05) is 0 Å². The molecule has 1 aromatic rings. The van der Waals surface area contributed by atoms with Gasteiger partial charge in [0, 0.05) is 18.0 Å². The van der Waals surface area contributed by atoms with Gasteiger partial charge in [0.2, 0.25) is 17.7 Å². The van der Waals surface area contributed by atoms with Crippen LogP contribution < -0.4 is 21.7 Å². The van der Waals surface area contributed by atoms with E-state index in [-0.39, 0.29) is 6.54 Å². The van der Waals surface area contributed by atoms with E-state index in [0.717, 1.165) is 0 Å². The maximum absolute atomic E-state index is 11.9. The number of carbonyl (C=O) groups excluding carboxylic acids is 4. The number of carboxylic acids is 1. The lowest BCUT2D eigenvalue weighted by molar-refractivity contribution is -0.143. The Labute approximate surface area is 148 Å². The minimum absolute atomic E-state index is 0.314. The van der Waals surface area contributed by atoms with E-state index < -0.39 is 48.1 Å². The summed E-state index contributed by atoms with van der Waals surface area (Å²) >= 11 is 0. The number of hydrogen-bond donors (Lipinski definition) is 5. The van der Waals surface area contributed by atoms with E-state index in [4.69, 9.17) is 10.8 Å². The van der Waals surface area contributed by atoms with Crippen LogP contribution in [-0.2, 0) is 19.2 Å². The minimum atomic E-state index is -1.49. The van der Waals surface area contributed by atoms with Gasteiger partial charge in [-0.3, -0.25) is 24.2 Å². The summed E-state index contributed by atoms with van der Waals surface area (Å²) in [5.74, 6) is -4.29. The Morgan fingerprint density at radius 2 is 1.77 bits per heavy atom. The summed E-state index contributed by atoms with van der Waals surface area (Å²) in [7, 11) is 0. The summed E-state index contributed by atoms with van der Waals surface area (Å²) in [6, 6.07) is 0.350. The lowest BCUT2D eigenvalue weighted by Gasteiger charge is -2.18. The third kappa shape index (κ3) is 6.95. The lowest BCUT2D eigenvalue weighted by atomic mass is 10.2. The maximum Gasteiger partial charge on any atom is 0.326 e. The molecule has 0 radical (unpaired) electrons. The normalized spacial score (nSPS) is 12.3. The first-order valence-corrected chi connectivity index (χ1v) is 7.49. The van der Waals surface area contributed by atoms with Crippen molar-refractivity contribution in [2.45, 2.75) is 25.4 Å². The van der Waals surface area contributed by atoms with E-state index in [2.05, 4.69) is 20.9 Å². The first kappa shape index (κ1) is 20.5. The van der Waals surface area contributed by atoms with Crippen molar-refractivity contribution in [3.8, 4) is 0 Å². The summed E-state index contributed by atoms with van der Waals surface area (Å²) in [5, 5.41) is 15.7. The van der Waals surface area contributed by atoms with E-state index in [1.165, 1.54) is 31.5 Å². The molecule has 11 nitrogen and oxygen atoms in total. The highest BCUT2D eigenvalue weighted by molar-refractivity contribution is 5.97. The Morgan fingerprint density at radius 3 is 2.31 bits per heavy atom. The standard InChI is InChI=1S/C15H19N5O6/c1-8(13(23)20-10(15(25)26)6-11(16)21)19-12(22)7-18-14(24)9-2-4-17-5-3-9/h2-5,8,10H,6-7H2,1H3,(H2,16,21)(H,18,24)(H,19,22)(H,20,23)(H,25,26). The van der Waals surface area contributed by atoms with E-state index in [9.17, 15) is 24.0 Å². The number of aliphatic carboxylic acids is 1. The Hall–Kier alpha value is -3.50. The number of pyridine rings is 1. The van der Waals surface area contributed by atoms with Gasteiger partial charge in [0.05, 0.1) is 13.0 Å². The average molecular weight is 365 g/mol. The zero-order chi connectivity index (χ0) is 19.7. The SMILES string of the molecule is CC(NC(=O)CNC(=O)c1ccncc1)C(=O)NC(CC(N)=O)C(=O)O. The summed E-state index contributed by atoms with van der Waals surface area (Å²) in [4.78, 5) is 61.0. The number of carboxylic acid groups (broad SMARTS) is 1. The first-order valence-electron chi connectivity index (χ1n) is 7.49. The molecule has 1 heterocycles. The highest BCUT2D eigenvalue weighted by Crippen LogP contribution is 1.96. The highest BCUT2D eigenvalue weighted by Gasteiger charge is 2.25. The number of hydrogen-bond acceptors (Lipinski definition) is 6. The monoisotopic (exact) mass is 365 g/mol. The minimum Gasteiger partial charge on any atom is -0.480 e. The van der Waals surface area contributed by atoms with Gasteiger partial charge < -0.3 is 26.8 Å². The highest BCUT2D eigenvalue weighted by atomic mass is 16.4. The summed E-state index contributed by atoms with van der Waals surface area (Å²) in [6.45, 7) is 0.934. The quantitative estimate of drug-likeness (QED) is 0.328. The second-order valence-electron chi connectivity index (χ2n) is 5.28. The van der Waals surface area contributed by atoms with Crippen molar-refractivity contribution >= 4 is 29.6 Å². The molecule has 4 amide bonds. The number of aromatic nitrogens is 1. The smallest absolute Gasteiger partial charge is 0.326 e. The molecule has 2 atom stereocenters. The van der Waals surface area contributed by atoms with Gasteiger partial charge in [-0.15, -0.1) is 0 Å². The van der Waals surface area contributed by atoms with E-state index in [1.807, 2.05) is 0 Å². The Kier molecular flexibility index (Phi) is 7.67. The van der Waals surface area contributed by atoms with Crippen molar-refractivity contribution < 1.29 is 29.1 Å². The number of rotatable bonds is 9. The van der Waals surface area contributed by atoms with Gasteiger partial charge >= 0.3 is 5.97 Å². The zero-order valence-corrected chi connectivity index (χ0v) is 13.9. The zero-order valence-electron chi connectivity index (χ0n) is 13.9. The van der Waals surface area contributed by atoms with Crippen molar-refractivity contribution in [2.75, 3.05) is 6.54 Å². The molecule has 1 aromatic heterocycles. The molecule has 0 bridgehead atoms. The van der Waals surface area contributed by atoms with Crippen LogP contribution in [-0.4, -0.2) is 58.3 Å². The number of nitrogens with two attached hydrogens (primary N) is 1. The Bertz CT molecular complexity index is 693. The van der Waals surface area contributed by atoms with Crippen LogP contribution in [0.25, 0.3) is 0 Å². The molecule has 0 aromatic carbocycles. The molecule has 0 aliphatic rings. The topological polar surface area (TPSA) is 181 Å². The third-order valence-electron chi connectivity index (χ3n) is 3.14. The van der Waals surface area contributed by atoms with Gasteiger partial charge in [0.1, 0.15) is 12.1 Å². The van der Waals surface area contributed by atoms with Crippen LogP contribution >= 0.6 is 0 Å². The molecular weight excluding hydrogens is 346 g/mol. The van der Waals surface area contributed by atoms with E-state index >= 15 is 0 Å². The van der Waals surface area contributed by atoms with Crippen LogP contribution in [0.2, 0.25) is 0 Å². The molecule has 6 N–H and O–H groups in total. The maximum atomic E-state index is 11.9. The second-order valence-corrected chi connectivity index (χ2v) is 5.28. The van der Waals surface area contributed by atoms with Crippen LogP contribution in [0.4, 0.5) is 0 Å². The lowest BCUT2D eigenvalue weighted by Crippen LogP contribution is -2.52. The van der Waals surface area contributed by atoms with Crippen LogP contribution in [0.1, 0.15) is 23.7 Å². The first-order chi connectivity index (χ1) is 12.2. The van der Waals surface area contributed by atoms with Gasteiger partial charge in [0.25, 0.3) is 5.91 Å². The average Bonchev–Trinajstić information content (AvgIpc) is 2.59. The fourth-order valence-corrected chi connectivity index (χ4v) is 1.82. The third-order valence-corrected chi connectivity index (χ3v) is 3.14. The predicted molar refractivity (Wildman–Crippen MR) is 87.6 cm³/mol. The number of carbonyl (C=O) groups is 5. The Balaban J connectivity index is 2.47. The molecule has 0 saturated heterocycles.